The highest BCUT2D eigenvalue weighted by molar-refractivity contribution is 6.58. The number of alkyl halides is 2. The monoisotopic (exact) mass is 255 g/mol. The van der Waals surface area contributed by atoms with Crippen molar-refractivity contribution in [1.82, 2.24) is 9.97 Å². The lowest BCUT2D eigenvalue weighted by Crippen LogP contribution is -2.32. The predicted molar refractivity (Wildman–Crippen MR) is 60.7 cm³/mol. The van der Waals surface area contributed by atoms with E-state index in [1.807, 2.05) is 0 Å². The van der Waals surface area contributed by atoms with E-state index in [1.54, 1.807) is 4.90 Å². The van der Waals surface area contributed by atoms with E-state index in [2.05, 4.69) is 9.97 Å². The third kappa shape index (κ3) is 1.67. The molecule has 1 saturated heterocycles. The molecular formula is C10H12BF2N3O2. The summed E-state index contributed by atoms with van der Waals surface area (Å²) in [5.74, 6) is -2.19. The maximum Gasteiger partial charge on any atom is 0.491 e. The van der Waals surface area contributed by atoms with Crippen LogP contribution in [0.4, 0.5) is 14.7 Å². The van der Waals surface area contributed by atoms with Gasteiger partial charge in [-0.25, -0.2) is 18.7 Å². The van der Waals surface area contributed by atoms with Crippen molar-refractivity contribution >= 4 is 18.5 Å². The Labute approximate surface area is 103 Å². The van der Waals surface area contributed by atoms with Crippen LogP contribution in [0.3, 0.4) is 0 Å². The second-order valence-corrected chi connectivity index (χ2v) is 5.02. The molecule has 1 atom stereocenters. The normalized spacial score (nSPS) is 28.8. The Kier molecular flexibility index (Phi) is 2.37. The standard InChI is InChI=1S/C10H12BF2N3O2/c12-10(13)5-9(10)1-2-16(6-9)8-14-3-7(4-15-8)11(17)18/h3-4,17-18H,1-2,5-6H2. The van der Waals surface area contributed by atoms with Crippen molar-refractivity contribution in [2.24, 2.45) is 5.41 Å². The molecule has 1 aliphatic heterocycles. The number of rotatable bonds is 2. The Bertz CT molecular complexity index is 471. The lowest BCUT2D eigenvalue weighted by Gasteiger charge is -2.16. The van der Waals surface area contributed by atoms with Crippen molar-refractivity contribution < 1.29 is 18.8 Å². The average molecular weight is 255 g/mol. The number of anilines is 1. The molecule has 1 aromatic heterocycles. The molecule has 0 bridgehead atoms. The molecule has 0 aromatic carbocycles. The van der Waals surface area contributed by atoms with E-state index in [4.69, 9.17) is 10.0 Å². The summed E-state index contributed by atoms with van der Waals surface area (Å²) in [5.41, 5.74) is -0.699. The molecule has 1 saturated carbocycles. The minimum atomic E-state index is -2.55. The maximum absolute atomic E-state index is 13.2. The molecule has 1 spiro atoms. The van der Waals surface area contributed by atoms with Gasteiger partial charge in [0.05, 0.1) is 5.41 Å². The Morgan fingerprint density at radius 2 is 1.89 bits per heavy atom. The van der Waals surface area contributed by atoms with Crippen molar-refractivity contribution in [2.75, 3.05) is 18.0 Å². The molecular weight excluding hydrogens is 243 g/mol. The first kappa shape index (κ1) is 11.8. The summed E-state index contributed by atoms with van der Waals surface area (Å²) < 4.78 is 26.4. The van der Waals surface area contributed by atoms with Gasteiger partial charge in [-0.1, -0.05) is 0 Å². The zero-order valence-electron chi connectivity index (χ0n) is 9.55. The van der Waals surface area contributed by atoms with Gasteiger partial charge in [-0.2, -0.15) is 0 Å². The molecule has 2 fully saturated rings. The molecule has 2 N–H and O–H groups in total. The number of hydrogen-bond donors (Lipinski definition) is 2. The van der Waals surface area contributed by atoms with Crippen LogP contribution in [0.15, 0.2) is 12.4 Å². The number of hydrogen-bond acceptors (Lipinski definition) is 5. The van der Waals surface area contributed by atoms with E-state index < -0.39 is 18.5 Å². The van der Waals surface area contributed by atoms with Crippen molar-refractivity contribution in [3.63, 3.8) is 0 Å². The molecule has 1 aromatic rings. The van der Waals surface area contributed by atoms with Crippen LogP contribution < -0.4 is 10.4 Å². The maximum atomic E-state index is 13.2. The van der Waals surface area contributed by atoms with Crippen molar-refractivity contribution in [3.8, 4) is 0 Å². The molecule has 2 heterocycles. The minimum Gasteiger partial charge on any atom is -0.423 e. The SMILES string of the molecule is OB(O)c1cnc(N2CCC3(C2)CC3(F)F)nc1. The van der Waals surface area contributed by atoms with E-state index in [9.17, 15) is 8.78 Å². The fourth-order valence-electron chi connectivity index (χ4n) is 2.49. The fourth-order valence-corrected chi connectivity index (χ4v) is 2.49. The van der Waals surface area contributed by atoms with E-state index >= 15 is 0 Å². The third-order valence-corrected chi connectivity index (χ3v) is 3.80. The zero-order valence-corrected chi connectivity index (χ0v) is 9.55. The summed E-state index contributed by atoms with van der Waals surface area (Å²) in [5, 5.41) is 17.8. The van der Waals surface area contributed by atoms with Crippen LogP contribution in [0, 0.1) is 5.41 Å². The van der Waals surface area contributed by atoms with Crippen LogP contribution >= 0.6 is 0 Å². The predicted octanol–water partition coefficient (Wildman–Crippen LogP) is -0.608. The first-order valence-electron chi connectivity index (χ1n) is 5.74. The molecule has 1 aliphatic carbocycles. The number of halogens is 2. The molecule has 18 heavy (non-hydrogen) atoms. The van der Waals surface area contributed by atoms with Gasteiger partial charge in [-0.05, 0) is 6.42 Å². The lowest BCUT2D eigenvalue weighted by atomic mass is 9.83. The second kappa shape index (κ2) is 3.61. The summed E-state index contributed by atoms with van der Waals surface area (Å²) in [6, 6.07) is 0. The Morgan fingerprint density at radius 3 is 2.33 bits per heavy atom. The molecule has 1 unspecified atom stereocenters. The second-order valence-electron chi connectivity index (χ2n) is 5.02. The largest absolute Gasteiger partial charge is 0.491 e. The van der Waals surface area contributed by atoms with E-state index in [0.717, 1.165) is 0 Å². The van der Waals surface area contributed by atoms with E-state index in [1.165, 1.54) is 12.4 Å². The molecule has 0 amide bonds. The van der Waals surface area contributed by atoms with Gasteiger partial charge in [-0.15, -0.1) is 0 Å². The van der Waals surface area contributed by atoms with Gasteiger partial charge in [0.25, 0.3) is 5.92 Å². The van der Waals surface area contributed by atoms with Crippen LogP contribution in [0.5, 0.6) is 0 Å². The number of nitrogens with zero attached hydrogens (tertiary/aromatic N) is 3. The first-order chi connectivity index (χ1) is 8.44. The summed E-state index contributed by atoms with van der Waals surface area (Å²) in [4.78, 5) is 9.66. The molecule has 0 radical (unpaired) electrons. The van der Waals surface area contributed by atoms with Gasteiger partial charge >= 0.3 is 7.12 Å². The molecule has 5 nitrogen and oxygen atoms in total. The topological polar surface area (TPSA) is 69.5 Å². The van der Waals surface area contributed by atoms with Gasteiger partial charge in [-0.3, -0.25) is 0 Å². The minimum absolute atomic E-state index is 0.0516. The van der Waals surface area contributed by atoms with Gasteiger partial charge in [0, 0.05) is 37.4 Å². The molecule has 96 valence electrons. The Balaban J connectivity index is 1.73. The molecule has 3 rings (SSSR count). The van der Waals surface area contributed by atoms with Crippen LogP contribution in [-0.4, -0.2) is 46.1 Å². The first-order valence-corrected chi connectivity index (χ1v) is 5.74. The van der Waals surface area contributed by atoms with Gasteiger partial charge in [0.1, 0.15) is 0 Å². The van der Waals surface area contributed by atoms with Gasteiger partial charge < -0.3 is 14.9 Å². The highest BCUT2D eigenvalue weighted by Crippen LogP contribution is 2.65. The van der Waals surface area contributed by atoms with E-state index in [0.29, 0.717) is 18.9 Å². The quantitative estimate of drug-likeness (QED) is 0.690. The molecule has 8 heteroatoms. The lowest BCUT2D eigenvalue weighted by molar-refractivity contribution is 0.0711. The van der Waals surface area contributed by atoms with Crippen molar-refractivity contribution in [3.05, 3.63) is 12.4 Å². The van der Waals surface area contributed by atoms with Gasteiger partial charge in [0.15, 0.2) is 0 Å². The van der Waals surface area contributed by atoms with Gasteiger partial charge in [0.2, 0.25) is 5.95 Å². The van der Waals surface area contributed by atoms with Crippen LogP contribution in [-0.2, 0) is 0 Å². The Hall–Kier alpha value is -1.28. The summed E-state index contributed by atoms with van der Waals surface area (Å²) in [7, 11) is -1.61. The fraction of sp³-hybridized carbons (Fsp3) is 0.600. The van der Waals surface area contributed by atoms with E-state index in [-0.39, 0.29) is 18.4 Å². The zero-order chi connectivity index (χ0) is 13.0. The summed E-state index contributed by atoms with van der Waals surface area (Å²) in [6.07, 6.45) is 2.99. The smallest absolute Gasteiger partial charge is 0.423 e. The highest BCUT2D eigenvalue weighted by Gasteiger charge is 2.72. The average Bonchev–Trinajstić information content (AvgIpc) is 2.70. The number of aromatic nitrogens is 2. The van der Waals surface area contributed by atoms with Crippen molar-refractivity contribution in [2.45, 2.75) is 18.8 Å². The van der Waals surface area contributed by atoms with Crippen LogP contribution in [0.2, 0.25) is 0 Å². The molecule has 2 aliphatic rings. The van der Waals surface area contributed by atoms with Crippen LogP contribution in [0.1, 0.15) is 12.8 Å². The highest BCUT2D eigenvalue weighted by atomic mass is 19.3. The third-order valence-electron chi connectivity index (χ3n) is 3.80. The van der Waals surface area contributed by atoms with Crippen molar-refractivity contribution in [1.29, 1.82) is 0 Å². The summed E-state index contributed by atoms with van der Waals surface area (Å²) >= 11 is 0. The Morgan fingerprint density at radius 1 is 1.28 bits per heavy atom. The summed E-state index contributed by atoms with van der Waals surface area (Å²) in [6.45, 7) is 0.775. The van der Waals surface area contributed by atoms with Crippen LogP contribution in [0.25, 0.3) is 0 Å².